The van der Waals surface area contributed by atoms with Crippen LogP contribution >= 0.6 is 21.9 Å². The van der Waals surface area contributed by atoms with E-state index in [0.717, 1.165) is 17.9 Å². The molecular formula is C9H16N2O4S3. The molecule has 0 aliphatic carbocycles. The van der Waals surface area contributed by atoms with Crippen LogP contribution in [0.25, 0.3) is 0 Å². The molecule has 0 bridgehead atoms. The summed E-state index contributed by atoms with van der Waals surface area (Å²) in [5.74, 6) is 0.252. The van der Waals surface area contributed by atoms with Crippen molar-refractivity contribution >= 4 is 31.9 Å². The van der Waals surface area contributed by atoms with E-state index in [4.69, 9.17) is 5.14 Å². The van der Waals surface area contributed by atoms with E-state index in [1.54, 1.807) is 0 Å². The van der Waals surface area contributed by atoms with Crippen molar-refractivity contribution in [1.29, 1.82) is 0 Å². The third-order valence-electron chi connectivity index (χ3n) is 2.80. The standard InChI is InChI=1S/C9H16N2O4S3/c1-2-11-7-3-4-17(12,13)9-6(7)5-8(16-9)18(10,14)15/h5,7,11-13H,2-4H2,1H3,(H2,10,14,15). The zero-order valence-electron chi connectivity index (χ0n) is 9.79. The Balaban J connectivity index is 2.52. The molecular weight excluding hydrogens is 296 g/mol. The average Bonchev–Trinajstić information content (AvgIpc) is 2.68. The van der Waals surface area contributed by atoms with Crippen LogP contribution in [0.3, 0.4) is 0 Å². The summed E-state index contributed by atoms with van der Waals surface area (Å²) in [5.41, 5.74) is 0.650. The maximum atomic E-state index is 11.3. The minimum atomic E-state index is -3.80. The maximum Gasteiger partial charge on any atom is 0.247 e. The zero-order valence-corrected chi connectivity index (χ0v) is 12.2. The van der Waals surface area contributed by atoms with Gasteiger partial charge < -0.3 is 5.32 Å². The number of primary sulfonamides is 1. The van der Waals surface area contributed by atoms with Gasteiger partial charge in [0.2, 0.25) is 10.0 Å². The number of nitrogens with two attached hydrogens (primary N) is 1. The molecule has 1 unspecified atom stereocenters. The van der Waals surface area contributed by atoms with E-state index >= 15 is 0 Å². The monoisotopic (exact) mass is 312 g/mol. The normalized spacial score (nSPS) is 24.6. The molecule has 1 aromatic rings. The first-order valence-electron chi connectivity index (χ1n) is 5.41. The summed E-state index contributed by atoms with van der Waals surface area (Å²) >= 11 is 0.863. The molecule has 0 amide bonds. The molecule has 0 aromatic carbocycles. The zero-order chi connectivity index (χ0) is 13.6. The van der Waals surface area contributed by atoms with Crippen LogP contribution in [0.5, 0.6) is 0 Å². The number of hydrogen-bond donors (Lipinski definition) is 4. The minimum Gasteiger partial charge on any atom is -0.310 e. The molecule has 1 aliphatic heterocycles. The smallest absolute Gasteiger partial charge is 0.247 e. The molecule has 1 atom stereocenters. The molecule has 18 heavy (non-hydrogen) atoms. The number of hydrogen-bond acceptors (Lipinski definition) is 6. The Morgan fingerprint density at radius 3 is 2.83 bits per heavy atom. The first-order valence-corrected chi connectivity index (χ1v) is 9.49. The number of rotatable bonds is 3. The van der Waals surface area contributed by atoms with Crippen LogP contribution in [0.4, 0.5) is 0 Å². The molecule has 0 spiro atoms. The van der Waals surface area contributed by atoms with Crippen molar-refractivity contribution < 1.29 is 17.5 Å². The van der Waals surface area contributed by atoms with Gasteiger partial charge in [0.25, 0.3) is 0 Å². The summed E-state index contributed by atoms with van der Waals surface area (Å²) < 4.78 is 43.0. The number of thiophene rings is 1. The fourth-order valence-electron chi connectivity index (χ4n) is 1.99. The van der Waals surface area contributed by atoms with Gasteiger partial charge in [0.05, 0.1) is 0 Å². The van der Waals surface area contributed by atoms with E-state index in [0.29, 0.717) is 16.2 Å². The summed E-state index contributed by atoms with van der Waals surface area (Å²) in [7, 11) is -6.68. The van der Waals surface area contributed by atoms with Crippen LogP contribution in [0.2, 0.25) is 0 Å². The highest BCUT2D eigenvalue weighted by molar-refractivity contribution is 8.25. The summed E-state index contributed by atoms with van der Waals surface area (Å²) in [6.07, 6.45) is 0.573. The third-order valence-corrected chi connectivity index (χ3v) is 7.85. The highest BCUT2D eigenvalue weighted by atomic mass is 32.3. The van der Waals surface area contributed by atoms with Gasteiger partial charge in [-0.2, -0.15) is 10.6 Å². The van der Waals surface area contributed by atoms with Crippen LogP contribution in [0.1, 0.15) is 24.9 Å². The molecule has 2 rings (SSSR count). The highest BCUT2D eigenvalue weighted by Gasteiger charge is 2.34. The maximum absolute atomic E-state index is 11.3. The number of fused-ring (bicyclic) bond motifs is 1. The summed E-state index contributed by atoms with van der Waals surface area (Å²) in [4.78, 5) is 0. The van der Waals surface area contributed by atoms with E-state index in [1.807, 2.05) is 6.92 Å². The van der Waals surface area contributed by atoms with E-state index in [9.17, 15) is 17.5 Å². The van der Waals surface area contributed by atoms with Crippen LogP contribution in [-0.4, -0.2) is 29.8 Å². The predicted octanol–water partition coefficient (Wildman–Crippen LogP) is 1.56. The van der Waals surface area contributed by atoms with Gasteiger partial charge in [-0.3, -0.25) is 9.11 Å². The van der Waals surface area contributed by atoms with E-state index < -0.39 is 20.6 Å². The van der Waals surface area contributed by atoms with Crippen LogP contribution < -0.4 is 10.5 Å². The van der Waals surface area contributed by atoms with Crippen molar-refractivity contribution in [2.75, 3.05) is 12.3 Å². The Bertz CT molecular complexity index is 552. The Kier molecular flexibility index (Phi) is 3.76. The van der Waals surface area contributed by atoms with Gasteiger partial charge in [0.1, 0.15) is 8.42 Å². The van der Waals surface area contributed by atoms with Gasteiger partial charge >= 0.3 is 0 Å². The van der Waals surface area contributed by atoms with Crippen LogP contribution in [0.15, 0.2) is 14.5 Å². The van der Waals surface area contributed by atoms with E-state index in [-0.39, 0.29) is 16.0 Å². The van der Waals surface area contributed by atoms with Gasteiger partial charge in [0, 0.05) is 17.4 Å². The van der Waals surface area contributed by atoms with Crippen molar-refractivity contribution in [2.24, 2.45) is 5.14 Å². The second kappa shape index (κ2) is 4.75. The first-order chi connectivity index (χ1) is 8.25. The van der Waals surface area contributed by atoms with Gasteiger partial charge in [-0.15, -0.1) is 11.3 Å². The molecule has 1 aromatic heterocycles. The second-order valence-corrected chi connectivity index (χ2v) is 9.37. The lowest BCUT2D eigenvalue weighted by atomic mass is 10.1. The molecule has 5 N–H and O–H groups in total. The Morgan fingerprint density at radius 1 is 1.61 bits per heavy atom. The lowest BCUT2D eigenvalue weighted by Crippen LogP contribution is -2.27. The van der Waals surface area contributed by atoms with Crippen molar-refractivity contribution in [1.82, 2.24) is 5.32 Å². The first kappa shape index (κ1) is 14.3. The molecule has 0 saturated carbocycles. The van der Waals surface area contributed by atoms with Crippen molar-refractivity contribution in [3.63, 3.8) is 0 Å². The van der Waals surface area contributed by atoms with Crippen molar-refractivity contribution in [3.05, 3.63) is 11.6 Å². The quantitative estimate of drug-likeness (QED) is 0.676. The van der Waals surface area contributed by atoms with Gasteiger partial charge in [-0.25, -0.2) is 13.6 Å². The molecule has 6 nitrogen and oxygen atoms in total. The molecule has 9 heteroatoms. The van der Waals surface area contributed by atoms with Gasteiger partial charge in [-0.1, -0.05) is 6.92 Å². The molecule has 2 heterocycles. The largest absolute Gasteiger partial charge is 0.310 e. The van der Waals surface area contributed by atoms with E-state index in [2.05, 4.69) is 5.32 Å². The Morgan fingerprint density at radius 2 is 2.28 bits per heavy atom. The Hall–Kier alpha value is -0.160. The molecule has 1 aliphatic rings. The molecule has 0 saturated heterocycles. The second-order valence-electron chi connectivity index (χ2n) is 4.12. The van der Waals surface area contributed by atoms with E-state index in [1.165, 1.54) is 6.07 Å². The Labute approximate surface area is 112 Å². The summed E-state index contributed by atoms with van der Waals surface area (Å²) in [6, 6.07) is 1.41. The fraction of sp³-hybridized carbons (Fsp3) is 0.556. The van der Waals surface area contributed by atoms with Gasteiger partial charge in [0.15, 0.2) is 0 Å². The lowest BCUT2D eigenvalue weighted by molar-refractivity contribution is 0.452. The molecule has 0 fully saturated rings. The highest BCUT2D eigenvalue weighted by Crippen LogP contribution is 2.59. The average molecular weight is 312 g/mol. The topological polar surface area (TPSA) is 113 Å². The molecule has 0 radical (unpaired) electrons. The lowest BCUT2D eigenvalue weighted by Gasteiger charge is -2.38. The van der Waals surface area contributed by atoms with Crippen LogP contribution in [0, 0.1) is 0 Å². The van der Waals surface area contributed by atoms with Crippen molar-refractivity contribution in [3.8, 4) is 0 Å². The predicted molar refractivity (Wildman–Crippen MR) is 72.7 cm³/mol. The number of nitrogens with one attached hydrogen (secondary N) is 1. The summed E-state index contributed by atoms with van der Waals surface area (Å²) in [6.45, 7) is 2.67. The minimum absolute atomic E-state index is 0.0164. The molecule has 104 valence electrons. The van der Waals surface area contributed by atoms with Crippen molar-refractivity contribution in [2.45, 2.75) is 27.8 Å². The van der Waals surface area contributed by atoms with Gasteiger partial charge in [-0.05, 0) is 19.0 Å². The number of sulfonamides is 1. The fourth-order valence-corrected chi connectivity index (χ4v) is 6.23. The summed E-state index contributed by atoms with van der Waals surface area (Å²) in [5, 5.41) is 8.29. The van der Waals surface area contributed by atoms with Crippen LogP contribution in [-0.2, 0) is 10.0 Å². The SMILES string of the molecule is CCNC1CCS(O)(O)c2sc(S(N)(=O)=O)cc21. The third kappa shape index (κ3) is 2.57.